The van der Waals surface area contributed by atoms with Crippen LogP contribution in [-0.4, -0.2) is 6.54 Å². The molecule has 1 atom stereocenters. The molecule has 0 aliphatic rings. The second kappa shape index (κ2) is 5.91. The summed E-state index contributed by atoms with van der Waals surface area (Å²) in [5, 5.41) is 5.17. The lowest BCUT2D eigenvalue weighted by Crippen LogP contribution is -2.22. The topological polar surface area (TPSA) is 12.0 Å². The predicted molar refractivity (Wildman–Crippen MR) is 73.9 cm³/mol. The minimum atomic E-state index is -0.557. The zero-order valence-corrected chi connectivity index (χ0v) is 12.1. The van der Waals surface area contributed by atoms with Gasteiger partial charge in [0.25, 0.3) is 0 Å². The van der Waals surface area contributed by atoms with Crippen LogP contribution in [0.25, 0.3) is 0 Å². The van der Waals surface area contributed by atoms with Gasteiger partial charge in [-0.25, -0.2) is 8.78 Å². The van der Waals surface area contributed by atoms with E-state index in [2.05, 4.69) is 21.2 Å². The molecule has 18 heavy (non-hydrogen) atoms. The molecule has 0 radical (unpaired) electrons. The van der Waals surface area contributed by atoms with Crippen molar-refractivity contribution >= 4 is 27.3 Å². The van der Waals surface area contributed by atoms with Crippen molar-refractivity contribution in [2.45, 2.75) is 13.0 Å². The van der Waals surface area contributed by atoms with Gasteiger partial charge in [-0.05, 0) is 45.6 Å². The van der Waals surface area contributed by atoms with Crippen LogP contribution in [0.15, 0.2) is 33.4 Å². The first-order chi connectivity index (χ1) is 8.61. The van der Waals surface area contributed by atoms with Gasteiger partial charge in [-0.15, -0.1) is 11.3 Å². The van der Waals surface area contributed by atoms with E-state index in [4.69, 9.17) is 0 Å². The fourth-order valence-corrected chi connectivity index (χ4v) is 3.02. The maximum atomic E-state index is 13.8. The molecule has 1 aromatic heterocycles. The Bertz CT molecular complexity index is 542. The number of benzene rings is 1. The van der Waals surface area contributed by atoms with Gasteiger partial charge in [0.2, 0.25) is 0 Å². The monoisotopic (exact) mass is 331 g/mol. The second-order valence-corrected chi connectivity index (χ2v) is 6.13. The summed E-state index contributed by atoms with van der Waals surface area (Å²) < 4.78 is 27.8. The van der Waals surface area contributed by atoms with Gasteiger partial charge in [0.15, 0.2) is 0 Å². The fraction of sp³-hybridized carbons (Fsp3) is 0.231. The first-order valence-electron chi connectivity index (χ1n) is 5.54. The molecule has 0 saturated carbocycles. The highest BCUT2D eigenvalue weighted by Gasteiger charge is 2.18. The van der Waals surface area contributed by atoms with Crippen molar-refractivity contribution in [3.05, 3.63) is 56.2 Å². The minimum absolute atomic E-state index is 0.252. The van der Waals surface area contributed by atoms with Crippen molar-refractivity contribution < 1.29 is 8.78 Å². The number of halogens is 3. The van der Waals surface area contributed by atoms with Crippen LogP contribution in [0.1, 0.15) is 24.1 Å². The summed E-state index contributed by atoms with van der Waals surface area (Å²) in [5.74, 6) is -1.08. The molecular formula is C13H12BrF2NS. The molecule has 0 saturated heterocycles. The molecule has 2 aromatic rings. The third-order valence-electron chi connectivity index (χ3n) is 2.60. The van der Waals surface area contributed by atoms with Crippen molar-refractivity contribution in [2.24, 2.45) is 0 Å². The summed E-state index contributed by atoms with van der Waals surface area (Å²) in [6, 6.07) is 5.38. The summed E-state index contributed by atoms with van der Waals surface area (Å²) in [7, 11) is 0. The summed E-state index contributed by atoms with van der Waals surface area (Å²) in [6.45, 7) is 2.66. The quantitative estimate of drug-likeness (QED) is 0.870. The maximum absolute atomic E-state index is 13.8. The van der Waals surface area contributed by atoms with E-state index in [-0.39, 0.29) is 6.04 Å². The van der Waals surface area contributed by atoms with Gasteiger partial charge in [-0.3, -0.25) is 0 Å². The first kappa shape index (κ1) is 13.6. The van der Waals surface area contributed by atoms with E-state index in [1.807, 2.05) is 18.4 Å². The normalized spacial score (nSPS) is 12.7. The van der Waals surface area contributed by atoms with Crippen LogP contribution >= 0.6 is 27.3 Å². The Balaban J connectivity index is 2.41. The summed E-state index contributed by atoms with van der Waals surface area (Å²) in [6.07, 6.45) is 0. The molecule has 0 bridgehead atoms. The van der Waals surface area contributed by atoms with E-state index >= 15 is 0 Å². The second-order valence-electron chi connectivity index (χ2n) is 3.84. The van der Waals surface area contributed by atoms with Crippen molar-refractivity contribution in [3.8, 4) is 0 Å². The van der Waals surface area contributed by atoms with Crippen LogP contribution in [0, 0.1) is 11.6 Å². The number of hydrogen-bond acceptors (Lipinski definition) is 2. The molecule has 1 heterocycles. The average molecular weight is 332 g/mol. The van der Waals surface area contributed by atoms with Gasteiger partial charge < -0.3 is 5.32 Å². The predicted octanol–water partition coefficient (Wildman–Crippen LogP) is 4.49. The highest BCUT2D eigenvalue weighted by atomic mass is 79.9. The molecular weight excluding hydrogens is 320 g/mol. The van der Waals surface area contributed by atoms with Crippen LogP contribution in [0.2, 0.25) is 0 Å². The van der Waals surface area contributed by atoms with Gasteiger partial charge in [0.1, 0.15) is 11.6 Å². The van der Waals surface area contributed by atoms with Gasteiger partial charge in [-0.1, -0.05) is 13.0 Å². The molecule has 0 amide bonds. The Kier molecular flexibility index (Phi) is 4.48. The molecule has 0 aliphatic heterocycles. The molecule has 1 unspecified atom stereocenters. The number of thiophene rings is 1. The standard InChI is InChI=1S/C13H12BrF2NS/c1-2-17-13(8-5-12(14)18-7-8)10-4-3-9(15)6-11(10)16/h3-7,13,17H,2H2,1H3. The molecule has 2 rings (SSSR count). The van der Waals surface area contributed by atoms with Crippen LogP contribution in [0.4, 0.5) is 8.78 Å². The van der Waals surface area contributed by atoms with E-state index < -0.39 is 11.6 Å². The largest absolute Gasteiger partial charge is 0.306 e. The molecule has 5 heteroatoms. The molecule has 0 fully saturated rings. The average Bonchev–Trinajstić information content (AvgIpc) is 2.73. The number of rotatable bonds is 4. The van der Waals surface area contributed by atoms with Crippen LogP contribution in [-0.2, 0) is 0 Å². The summed E-state index contributed by atoms with van der Waals surface area (Å²) >= 11 is 4.93. The highest BCUT2D eigenvalue weighted by molar-refractivity contribution is 9.11. The van der Waals surface area contributed by atoms with Gasteiger partial charge in [0, 0.05) is 11.6 Å². The van der Waals surface area contributed by atoms with Gasteiger partial charge in [0.05, 0.1) is 9.83 Å². The van der Waals surface area contributed by atoms with Crippen molar-refractivity contribution in [3.63, 3.8) is 0 Å². The van der Waals surface area contributed by atoms with E-state index in [1.165, 1.54) is 12.1 Å². The smallest absolute Gasteiger partial charge is 0.131 e. The first-order valence-corrected chi connectivity index (χ1v) is 7.21. The number of hydrogen-bond donors (Lipinski definition) is 1. The summed E-state index contributed by atoms with van der Waals surface area (Å²) in [4.78, 5) is 0. The van der Waals surface area contributed by atoms with Crippen LogP contribution in [0.3, 0.4) is 0 Å². The van der Waals surface area contributed by atoms with Crippen molar-refractivity contribution in [1.82, 2.24) is 5.32 Å². The Labute approximate surface area is 117 Å². The molecule has 0 aliphatic carbocycles. The Morgan fingerprint density at radius 3 is 2.67 bits per heavy atom. The molecule has 0 spiro atoms. The van der Waals surface area contributed by atoms with Crippen LogP contribution in [0.5, 0.6) is 0 Å². The Morgan fingerprint density at radius 1 is 1.33 bits per heavy atom. The lowest BCUT2D eigenvalue weighted by atomic mass is 10.0. The molecule has 1 N–H and O–H groups in total. The lowest BCUT2D eigenvalue weighted by Gasteiger charge is -2.18. The van der Waals surface area contributed by atoms with E-state index in [1.54, 1.807) is 11.3 Å². The van der Waals surface area contributed by atoms with E-state index in [9.17, 15) is 8.78 Å². The zero-order valence-electron chi connectivity index (χ0n) is 9.71. The number of nitrogens with one attached hydrogen (secondary N) is 1. The maximum Gasteiger partial charge on any atom is 0.131 e. The lowest BCUT2D eigenvalue weighted by molar-refractivity contribution is 0.541. The molecule has 1 aromatic carbocycles. The Morgan fingerprint density at radius 2 is 2.11 bits per heavy atom. The van der Waals surface area contributed by atoms with Crippen LogP contribution < -0.4 is 5.32 Å². The molecule has 96 valence electrons. The van der Waals surface area contributed by atoms with Crippen molar-refractivity contribution in [1.29, 1.82) is 0 Å². The third kappa shape index (κ3) is 2.96. The summed E-state index contributed by atoms with van der Waals surface area (Å²) in [5.41, 5.74) is 1.43. The third-order valence-corrected chi connectivity index (χ3v) is 4.13. The van der Waals surface area contributed by atoms with Gasteiger partial charge in [-0.2, -0.15) is 0 Å². The van der Waals surface area contributed by atoms with Gasteiger partial charge >= 0.3 is 0 Å². The zero-order chi connectivity index (χ0) is 13.1. The minimum Gasteiger partial charge on any atom is -0.306 e. The van der Waals surface area contributed by atoms with Crippen molar-refractivity contribution in [2.75, 3.05) is 6.54 Å². The Hall–Kier alpha value is -0.780. The fourth-order valence-electron chi connectivity index (χ4n) is 1.82. The molecule has 1 nitrogen and oxygen atoms in total. The van der Waals surface area contributed by atoms with E-state index in [0.29, 0.717) is 12.1 Å². The highest BCUT2D eigenvalue weighted by Crippen LogP contribution is 2.30. The SMILES string of the molecule is CCNC(c1csc(Br)c1)c1ccc(F)cc1F. The van der Waals surface area contributed by atoms with E-state index in [0.717, 1.165) is 15.4 Å².